The van der Waals surface area contributed by atoms with Crippen molar-refractivity contribution in [3.63, 3.8) is 0 Å². The van der Waals surface area contributed by atoms with Crippen molar-refractivity contribution in [1.29, 1.82) is 0 Å². The lowest BCUT2D eigenvalue weighted by Gasteiger charge is -2.27. The van der Waals surface area contributed by atoms with Crippen molar-refractivity contribution in [1.82, 2.24) is 0 Å². The number of nitrogens with one attached hydrogen (secondary N) is 2. The third-order valence-corrected chi connectivity index (χ3v) is 9.44. The summed E-state index contributed by atoms with van der Waals surface area (Å²) in [6.07, 6.45) is 0. The Hall–Kier alpha value is -4.18. The van der Waals surface area contributed by atoms with Crippen LogP contribution in [0.2, 0.25) is 10.0 Å². The summed E-state index contributed by atoms with van der Waals surface area (Å²) in [6, 6.07) is 9.72. The van der Waals surface area contributed by atoms with E-state index in [1.54, 1.807) is 13.8 Å². The molecule has 6 N–H and O–H groups in total. The van der Waals surface area contributed by atoms with E-state index >= 15 is 0 Å². The Kier molecular flexibility index (Phi) is 7.65. The Morgan fingerprint density at radius 3 is 1.25 bits per heavy atom. The number of benzene rings is 4. The van der Waals surface area contributed by atoms with Crippen LogP contribution in [0.25, 0.3) is 0 Å². The lowest BCUT2D eigenvalue weighted by molar-refractivity contribution is 0.0975. The van der Waals surface area contributed by atoms with Gasteiger partial charge in [-0.05, 0) is 61.4 Å². The molecule has 0 aliphatic heterocycles. The molecule has 5 rings (SSSR count). The minimum absolute atomic E-state index is 0.266. The van der Waals surface area contributed by atoms with Gasteiger partial charge in [0.15, 0.2) is 0 Å². The van der Waals surface area contributed by atoms with E-state index in [0.717, 1.165) is 24.3 Å². The van der Waals surface area contributed by atoms with Gasteiger partial charge in [-0.3, -0.25) is 18.7 Å². The topological polar surface area (TPSA) is 207 Å². The summed E-state index contributed by atoms with van der Waals surface area (Å²) in [5.74, 6) is -3.44. The highest BCUT2D eigenvalue weighted by Crippen LogP contribution is 2.50. The maximum absolute atomic E-state index is 14.0. The molecule has 4 aromatic carbocycles. The number of hydrogen-bond acceptors (Lipinski definition) is 10. The van der Waals surface area contributed by atoms with Crippen LogP contribution in [0, 0.1) is 13.8 Å². The van der Waals surface area contributed by atoms with Gasteiger partial charge >= 0.3 is 0 Å². The highest BCUT2D eigenvalue weighted by atomic mass is 35.5. The van der Waals surface area contributed by atoms with Crippen molar-refractivity contribution in [3.05, 3.63) is 92.0 Å². The second-order valence-corrected chi connectivity index (χ2v) is 13.4. The number of fused-ring (bicyclic) bond motifs is 2. The minimum Gasteiger partial charge on any atom is -0.507 e. The zero-order valence-corrected chi connectivity index (χ0v) is 25.6. The molecule has 0 saturated carbocycles. The largest absolute Gasteiger partial charge is 0.507 e. The van der Waals surface area contributed by atoms with E-state index in [1.807, 2.05) is 0 Å². The van der Waals surface area contributed by atoms with Crippen molar-refractivity contribution in [2.24, 2.45) is 0 Å². The molecule has 16 heteroatoms. The van der Waals surface area contributed by atoms with E-state index in [1.165, 1.54) is 24.3 Å². The van der Waals surface area contributed by atoms with Gasteiger partial charge in [-0.1, -0.05) is 35.3 Å². The third kappa shape index (κ3) is 5.25. The van der Waals surface area contributed by atoms with E-state index in [9.17, 15) is 45.7 Å². The number of hydrogen-bond donors (Lipinski definition) is 6. The fraction of sp³-hybridized carbons (Fsp3) is 0.0714. The molecule has 1 aliphatic rings. The molecule has 0 saturated heterocycles. The first-order chi connectivity index (χ1) is 20.4. The number of aromatic hydroxyl groups is 2. The fourth-order valence-corrected chi connectivity index (χ4v) is 6.77. The van der Waals surface area contributed by atoms with Crippen LogP contribution in [0.1, 0.15) is 43.0 Å². The van der Waals surface area contributed by atoms with Crippen LogP contribution in [-0.4, -0.2) is 47.7 Å². The molecule has 228 valence electrons. The molecule has 0 aromatic heterocycles. The van der Waals surface area contributed by atoms with Gasteiger partial charge in [0.1, 0.15) is 21.3 Å². The van der Waals surface area contributed by atoms with Gasteiger partial charge in [0.25, 0.3) is 20.2 Å². The zero-order valence-electron chi connectivity index (χ0n) is 22.4. The number of phenolic OH excluding ortho intramolecular Hbond substituents is 2. The summed E-state index contributed by atoms with van der Waals surface area (Å²) >= 11 is 13.3. The standard InChI is InChI=1S/C28H20Cl2N2O10S2/c1-11-3-5-13(17(9-11)43(37,38)39)31-25-21-22(28(36)20-16(34)8-7-15(33)19(20)27(21)35)26(24(30)23(25)29)32-14-6-4-12(2)10-18(14)44(40,41)42/h3-10,31-34H,1-2H3,(H,37,38,39)(H,40,41,42). The summed E-state index contributed by atoms with van der Waals surface area (Å²) < 4.78 is 68.5. The van der Waals surface area contributed by atoms with Crippen LogP contribution >= 0.6 is 23.2 Å². The summed E-state index contributed by atoms with van der Waals surface area (Å²) in [4.78, 5) is 26.8. The predicted octanol–water partition coefficient (Wildman–Crippen LogP) is 5.78. The van der Waals surface area contributed by atoms with Gasteiger partial charge in [0, 0.05) is 0 Å². The molecular weight excluding hydrogens is 659 g/mol. The smallest absolute Gasteiger partial charge is 0.296 e. The van der Waals surface area contributed by atoms with E-state index in [4.69, 9.17) is 23.2 Å². The Labute approximate surface area is 260 Å². The Bertz CT molecular complexity index is 2030. The van der Waals surface area contributed by atoms with Gasteiger partial charge in [-0.25, -0.2) is 0 Å². The molecule has 0 spiro atoms. The van der Waals surface area contributed by atoms with Gasteiger partial charge in [-0.15, -0.1) is 0 Å². The minimum atomic E-state index is -4.83. The van der Waals surface area contributed by atoms with Crippen molar-refractivity contribution in [3.8, 4) is 11.5 Å². The summed E-state index contributed by atoms with van der Waals surface area (Å²) in [6.45, 7) is 3.12. The summed E-state index contributed by atoms with van der Waals surface area (Å²) in [7, 11) is -9.67. The number of halogens is 2. The molecular formula is C28H20Cl2N2O10S2. The normalized spacial score (nSPS) is 13.0. The molecule has 44 heavy (non-hydrogen) atoms. The molecule has 1 aliphatic carbocycles. The second kappa shape index (κ2) is 10.8. The molecule has 0 atom stereocenters. The maximum Gasteiger partial charge on any atom is 0.296 e. The van der Waals surface area contributed by atoms with Crippen LogP contribution in [0.3, 0.4) is 0 Å². The van der Waals surface area contributed by atoms with E-state index in [0.29, 0.717) is 11.1 Å². The molecule has 0 fully saturated rings. The molecule has 0 bridgehead atoms. The van der Waals surface area contributed by atoms with Crippen LogP contribution < -0.4 is 10.6 Å². The van der Waals surface area contributed by atoms with Crippen LogP contribution in [0.15, 0.2) is 58.3 Å². The number of phenols is 2. The first-order valence-electron chi connectivity index (χ1n) is 12.3. The quantitative estimate of drug-likeness (QED) is 0.0933. The average molecular weight is 680 g/mol. The van der Waals surface area contributed by atoms with E-state index in [2.05, 4.69) is 10.6 Å². The molecule has 0 amide bonds. The SMILES string of the molecule is Cc1ccc(Nc2c(Cl)c(Cl)c(Nc3ccc(C)cc3S(=O)(=O)O)c3c2C(=O)c2c(O)ccc(O)c2C3=O)c(S(=O)(=O)O)c1. The van der Waals surface area contributed by atoms with Gasteiger partial charge in [-0.2, -0.15) is 16.8 Å². The van der Waals surface area contributed by atoms with Crippen LogP contribution in [0.5, 0.6) is 11.5 Å². The summed E-state index contributed by atoms with van der Waals surface area (Å²) in [5, 5.41) is 25.5. The fourth-order valence-electron chi connectivity index (χ4n) is 4.83. The Balaban J connectivity index is 1.86. The highest BCUT2D eigenvalue weighted by Gasteiger charge is 2.41. The van der Waals surface area contributed by atoms with Crippen LogP contribution in [0.4, 0.5) is 22.7 Å². The van der Waals surface area contributed by atoms with Crippen LogP contribution in [-0.2, 0) is 20.2 Å². The number of rotatable bonds is 6. The van der Waals surface area contributed by atoms with Gasteiger partial charge in [0.2, 0.25) is 11.6 Å². The van der Waals surface area contributed by atoms with E-state index < -0.39 is 96.8 Å². The molecule has 0 radical (unpaired) electrons. The molecule has 12 nitrogen and oxygen atoms in total. The third-order valence-electron chi connectivity index (χ3n) is 6.80. The number of aryl methyl sites for hydroxylation is 2. The second-order valence-electron chi connectivity index (χ2n) is 9.84. The van der Waals surface area contributed by atoms with Crippen molar-refractivity contribution < 1.29 is 45.7 Å². The number of anilines is 4. The maximum atomic E-state index is 14.0. The first-order valence-corrected chi connectivity index (χ1v) is 15.9. The predicted molar refractivity (Wildman–Crippen MR) is 162 cm³/mol. The zero-order chi connectivity index (χ0) is 32.5. The monoisotopic (exact) mass is 678 g/mol. The van der Waals surface area contributed by atoms with Crippen molar-refractivity contribution in [2.75, 3.05) is 10.6 Å². The number of carbonyl (C=O) groups is 2. The van der Waals surface area contributed by atoms with Crippen molar-refractivity contribution in [2.45, 2.75) is 23.6 Å². The molecule has 4 aromatic rings. The number of carbonyl (C=O) groups excluding carboxylic acids is 2. The molecule has 0 heterocycles. The molecule has 0 unspecified atom stereocenters. The lowest BCUT2D eigenvalue weighted by Crippen LogP contribution is -2.25. The van der Waals surface area contributed by atoms with E-state index in [-0.39, 0.29) is 11.4 Å². The van der Waals surface area contributed by atoms with Gasteiger partial charge in [0.05, 0.1) is 55.0 Å². The lowest BCUT2D eigenvalue weighted by atomic mass is 9.81. The summed E-state index contributed by atoms with van der Waals surface area (Å²) in [5.41, 5.74) is -2.72. The first kappa shape index (κ1) is 31.3. The average Bonchev–Trinajstić information content (AvgIpc) is 2.93. The highest BCUT2D eigenvalue weighted by molar-refractivity contribution is 7.86. The van der Waals surface area contributed by atoms with Crippen molar-refractivity contribution >= 4 is 77.8 Å². The van der Waals surface area contributed by atoms with Gasteiger partial charge < -0.3 is 20.8 Å². The Morgan fingerprint density at radius 2 is 0.932 bits per heavy atom. The number of ketones is 2. The Morgan fingerprint density at radius 1 is 0.591 bits per heavy atom.